The summed E-state index contributed by atoms with van der Waals surface area (Å²) < 4.78 is 38.7. The first kappa shape index (κ1) is 22.7. The number of hydrogen-bond acceptors (Lipinski definition) is 5. The van der Waals surface area contributed by atoms with Crippen molar-refractivity contribution in [3.05, 3.63) is 83.4 Å². The number of benzene rings is 3. The van der Waals surface area contributed by atoms with Crippen LogP contribution >= 0.6 is 0 Å². The fourth-order valence-electron chi connectivity index (χ4n) is 4.19. The van der Waals surface area contributed by atoms with Gasteiger partial charge in [-0.25, -0.2) is 8.42 Å². The van der Waals surface area contributed by atoms with Crippen molar-refractivity contribution < 1.29 is 22.7 Å². The molecule has 0 spiro atoms. The highest BCUT2D eigenvalue weighted by molar-refractivity contribution is 7.92. The van der Waals surface area contributed by atoms with Gasteiger partial charge in [0.15, 0.2) is 0 Å². The minimum Gasteiger partial charge on any atom is -0.496 e. The molecule has 3 aromatic rings. The molecule has 1 heterocycles. The molecule has 1 aliphatic rings. The Labute approximate surface area is 194 Å². The van der Waals surface area contributed by atoms with Crippen molar-refractivity contribution in [1.29, 1.82) is 0 Å². The van der Waals surface area contributed by atoms with Crippen LogP contribution in [0.1, 0.15) is 28.4 Å². The van der Waals surface area contributed by atoms with Crippen LogP contribution in [0.5, 0.6) is 11.5 Å². The number of hydrogen-bond donors (Lipinski definition) is 1. The van der Waals surface area contributed by atoms with Gasteiger partial charge in [0, 0.05) is 11.6 Å². The topological polar surface area (TPSA) is 84.9 Å². The molecule has 33 heavy (non-hydrogen) atoms. The summed E-state index contributed by atoms with van der Waals surface area (Å²) >= 11 is 0. The number of sulfonamides is 1. The first-order valence-corrected chi connectivity index (χ1v) is 12.0. The van der Waals surface area contributed by atoms with E-state index in [1.54, 1.807) is 62.8 Å². The second-order valence-electron chi connectivity index (χ2n) is 7.83. The maximum atomic E-state index is 13.2. The highest BCUT2D eigenvalue weighted by Gasteiger charge is 2.36. The Morgan fingerprint density at radius 3 is 2.30 bits per heavy atom. The number of rotatable bonds is 7. The van der Waals surface area contributed by atoms with Gasteiger partial charge in [0.2, 0.25) is 0 Å². The second-order valence-corrected chi connectivity index (χ2v) is 9.65. The van der Waals surface area contributed by atoms with Gasteiger partial charge in [-0.15, -0.1) is 0 Å². The molecule has 0 unspecified atom stereocenters. The number of methoxy groups -OCH3 is 2. The van der Waals surface area contributed by atoms with Crippen LogP contribution in [0.2, 0.25) is 0 Å². The molecule has 0 saturated carbocycles. The standard InChI is InChI=1S/C25H26N2O5S/c1-17-14-19-15-18(25(28)26-16-21-23(31-2)10-7-11-24(21)32-3)12-13-22(19)27(17)33(29,30)20-8-5-4-6-9-20/h4-13,15,17H,14,16H2,1-3H3,(H,26,28)/t17-/m1/s1. The Balaban J connectivity index is 1.56. The van der Waals surface area contributed by atoms with E-state index in [9.17, 15) is 13.2 Å². The fourth-order valence-corrected chi connectivity index (χ4v) is 5.90. The van der Waals surface area contributed by atoms with E-state index in [0.29, 0.717) is 29.2 Å². The number of amides is 1. The molecule has 7 nitrogen and oxygen atoms in total. The molecule has 3 aromatic carbocycles. The predicted molar refractivity (Wildman–Crippen MR) is 126 cm³/mol. The molecule has 1 N–H and O–H groups in total. The lowest BCUT2D eigenvalue weighted by atomic mass is 10.1. The lowest BCUT2D eigenvalue weighted by Crippen LogP contribution is -2.35. The Morgan fingerprint density at radius 2 is 1.67 bits per heavy atom. The SMILES string of the molecule is COc1cccc(OC)c1CNC(=O)c1ccc2c(c1)C[C@@H](C)N2S(=O)(=O)c1ccccc1. The summed E-state index contributed by atoms with van der Waals surface area (Å²) in [7, 11) is -0.558. The summed E-state index contributed by atoms with van der Waals surface area (Å²) in [5.41, 5.74) is 2.64. The van der Waals surface area contributed by atoms with Crippen molar-refractivity contribution in [2.24, 2.45) is 0 Å². The molecular weight excluding hydrogens is 440 g/mol. The van der Waals surface area contributed by atoms with E-state index in [0.717, 1.165) is 11.1 Å². The summed E-state index contributed by atoms with van der Waals surface area (Å²) in [4.78, 5) is 13.1. The van der Waals surface area contributed by atoms with E-state index in [2.05, 4.69) is 5.32 Å². The van der Waals surface area contributed by atoms with Gasteiger partial charge in [-0.2, -0.15) is 0 Å². The molecule has 0 aliphatic carbocycles. The van der Waals surface area contributed by atoms with Crippen molar-refractivity contribution in [2.45, 2.75) is 30.8 Å². The summed E-state index contributed by atoms with van der Waals surface area (Å²) in [5, 5.41) is 2.90. The lowest BCUT2D eigenvalue weighted by Gasteiger charge is -2.24. The van der Waals surface area contributed by atoms with Crippen molar-refractivity contribution in [2.75, 3.05) is 18.5 Å². The minimum absolute atomic E-state index is 0.230. The highest BCUT2D eigenvalue weighted by atomic mass is 32.2. The van der Waals surface area contributed by atoms with Crippen molar-refractivity contribution in [1.82, 2.24) is 5.32 Å². The number of carbonyl (C=O) groups is 1. The third-order valence-corrected chi connectivity index (χ3v) is 7.69. The molecule has 0 saturated heterocycles. The summed E-state index contributed by atoms with van der Waals surface area (Å²) in [6.07, 6.45) is 0.531. The number of nitrogens with zero attached hydrogens (tertiary/aromatic N) is 1. The van der Waals surface area contributed by atoms with E-state index in [-0.39, 0.29) is 23.4 Å². The van der Waals surface area contributed by atoms with Crippen LogP contribution in [0, 0.1) is 0 Å². The zero-order chi connectivity index (χ0) is 23.6. The van der Waals surface area contributed by atoms with Gasteiger partial charge in [0.25, 0.3) is 15.9 Å². The van der Waals surface area contributed by atoms with Gasteiger partial charge in [-0.1, -0.05) is 24.3 Å². The monoisotopic (exact) mass is 466 g/mol. The second kappa shape index (κ2) is 9.15. The van der Waals surface area contributed by atoms with Crippen molar-refractivity contribution in [3.8, 4) is 11.5 Å². The quantitative estimate of drug-likeness (QED) is 0.573. The molecule has 1 amide bonds. The molecular formula is C25H26N2O5S. The van der Waals surface area contributed by atoms with Crippen LogP contribution in [0.15, 0.2) is 71.6 Å². The van der Waals surface area contributed by atoms with Crippen LogP contribution < -0.4 is 19.1 Å². The normalized spacial score (nSPS) is 15.1. The number of ether oxygens (including phenoxy) is 2. The molecule has 4 rings (SSSR count). The lowest BCUT2D eigenvalue weighted by molar-refractivity contribution is 0.0950. The zero-order valence-corrected chi connectivity index (χ0v) is 19.6. The molecule has 0 aromatic heterocycles. The summed E-state index contributed by atoms with van der Waals surface area (Å²) in [5.74, 6) is 0.987. The average molecular weight is 467 g/mol. The fraction of sp³-hybridized carbons (Fsp3) is 0.240. The van der Waals surface area contributed by atoms with E-state index in [4.69, 9.17) is 9.47 Å². The predicted octanol–water partition coefficient (Wildman–Crippen LogP) is 3.77. The van der Waals surface area contributed by atoms with Crippen LogP contribution in [0.25, 0.3) is 0 Å². The van der Waals surface area contributed by atoms with Crippen molar-refractivity contribution in [3.63, 3.8) is 0 Å². The van der Waals surface area contributed by atoms with Crippen molar-refractivity contribution >= 4 is 21.6 Å². The zero-order valence-electron chi connectivity index (χ0n) is 18.7. The van der Waals surface area contributed by atoms with Gasteiger partial charge < -0.3 is 14.8 Å². The Kier molecular flexibility index (Phi) is 6.29. The van der Waals surface area contributed by atoms with Gasteiger partial charge in [-0.05, 0) is 61.4 Å². The van der Waals surface area contributed by atoms with Crippen LogP contribution in [0.3, 0.4) is 0 Å². The molecule has 8 heteroatoms. The molecule has 1 atom stereocenters. The average Bonchev–Trinajstić information content (AvgIpc) is 3.18. The molecule has 0 fully saturated rings. The minimum atomic E-state index is -3.69. The molecule has 0 radical (unpaired) electrons. The number of carbonyl (C=O) groups excluding carboxylic acids is 1. The maximum Gasteiger partial charge on any atom is 0.264 e. The van der Waals surface area contributed by atoms with Crippen LogP contribution in [0.4, 0.5) is 5.69 Å². The number of nitrogens with one attached hydrogen (secondary N) is 1. The van der Waals surface area contributed by atoms with Crippen LogP contribution in [-0.4, -0.2) is 34.6 Å². The number of fused-ring (bicyclic) bond motifs is 1. The van der Waals surface area contributed by atoms with E-state index < -0.39 is 10.0 Å². The smallest absolute Gasteiger partial charge is 0.264 e. The Hall–Kier alpha value is -3.52. The molecule has 1 aliphatic heterocycles. The van der Waals surface area contributed by atoms with Gasteiger partial charge in [0.05, 0.1) is 36.9 Å². The molecule has 0 bridgehead atoms. The Morgan fingerprint density at radius 1 is 1.00 bits per heavy atom. The van der Waals surface area contributed by atoms with Gasteiger partial charge in [-0.3, -0.25) is 9.10 Å². The Bertz CT molecular complexity index is 1250. The largest absolute Gasteiger partial charge is 0.496 e. The van der Waals surface area contributed by atoms with E-state index in [1.807, 2.05) is 25.1 Å². The number of anilines is 1. The van der Waals surface area contributed by atoms with E-state index in [1.165, 1.54) is 4.31 Å². The highest BCUT2D eigenvalue weighted by Crippen LogP contribution is 2.37. The first-order valence-electron chi connectivity index (χ1n) is 10.6. The maximum absolute atomic E-state index is 13.2. The third-order valence-electron chi connectivity index (χ3n) is 5.75. The third kappa shape index (κ3) is 4.26. The van der Waals surface area contributed by atoms with E-state index >= 15 is 0 Å². The van der Waals surface area contributed by atoms with Crippen LogP contribution in [-0.2, 0) is 23.0 Å². The summed E-state index contributed by atoms with van der Waals surface area (Å²) in [6.45, 7) is 2.10. The molecule has 172 valence electrons. The van der Waals surface area contributed by atoms with Gasteiger partial charge >= 0.3 is 0 Å². The summed E-state index contributed by atoms with van der Waals surface area (Å²) in [6, 6.07) is 18.7. The van der Waals surface area contributed by atoms with Gasteiger partial charge in [0.1, 0.15) is 11.5 Å². The first-order chi connectivity index (χ1) is 15.9.